The van der Waals surface area contributed by atoms with E-state index in [2.05, 4.69) is 4.98 Å². The molecule has 1 aromatic rings. The molecule has 13 heavy (non-hydrogen) atoms. The summed E-state index contributed by atoms with van der Waals surface area (Å²) in [6, 6.07) is 1.05. The molecule has 0 bridgehead atoms. The summed E-state index contributed by atoms with van der Waals surface area (Å²) in [4.78, 5) is 3.52. The van der Waals surface area contributed by atoms with Crippen molar-refractivity contribution in [3.05, 3.63) is 29.6 Å². The van der Waals surface area contributed by atoms with E-state index >= 15 is 0 Å². The first-order valence-corrected chi connectivity index (χ1v) is 4.48. The molecule has 1 heterocycles. The molecule has 0 amide bonds. The summed E-state index contributed by atoms with van der Waals surface area (Å²) in [6.07, 6.45) is 0.866. The van der Waals surface area contributed by atoms with Gasteiger partial charge in [-0.05, 0) is 13.0 Å². The number of aromatic nitrogens is 1. The third kappa shape index (κ3) is 6.20. The molecule has 0 N–H and O–H groups in total. The molecule has 1 aromatic heterocycles. The Balaban J connectivity index is 0. The van der Waals surface area contributed by atoms with Gasteiger partial charge in [-0.2, -0.15) is 0 Å². The number of nitrogens with zero attached hydrogens (tertiary/aromatic N) is 1. The maximum absolute atomic E-state index is 12.2. The van der Waals surface area contributed by atoms with Crippen LogP contribution in [-0.4, -0.2) is 4.98 Å². The first-order chi connectivity index (χ1) is 6.20. The van der Waals surface area contributed by atoms with Gasteiger partial charge in [-0.25, -0.2) is 8.78 Å². The second kappa shape index (κ2) is 9.10. The van der Waals surface area contributed by atoms with Gasteiger partial charge in [0.1, 0.15) is 0 Å². The molecule has 0 radical (unpaired) electrons. The van der Waals surface area contributed by atoms with Gasteiger partial charge in [0.2, 0.25) is 0 Å². The Hall–Kier alpha value is -0.990. The van der Waals surface area contributed by atoms with E-state index in [0.29, 0.717) is 5.69 Å². The van der Waals surface area contributed by atoms with E-state index in [0.717, 1.165) is 12.3 Å². The summed E-state index contributed by atoms with van der Waals surface area (Å²) in [5, 5.41) is 0. The number of pyridine rings is 1. The predicted molar refractivity (Wildman–Crippen MR) is 51.6 cm³/mol. The largest absolute Gasteiger partial charge is 0.258 e. The van der Waals surface area contributed by atoms with Crippen LogP contribution in [0.15, 0.2) is 12.3 Å². The molecule has 0 fully saturated rings. The molecule has 0 spiro atoms. The predicted octanol–water partition coefficient (Wildman–Crippen LogP) is 3.72. The van der Waals surface area contributed by atoms with Crippen LogP contribution in [0.2, 0.25) is 0 Å². The molecule has 76 valence electrons. The maximum atomic E-state index is 12.2. The van der Waals surface area contributed by atoms with Gasteiger partial charge in [0.05, 0.1) is 6.20 Å². The third-order valence-corrected chi connectivity index (χ3v) is 0.945. The van der Waals surface area contributed by atoms with Crippen molar-refractivity contribution in [2.75, 3.05) is 0 Å². The van der Waals surface area contributed by atoms with Crippen LogP contribution in [0.1, 0.15) is 33.4 Å². The molecular formula is C10H17F2N. The van der Waals surface area contributed by atoms with Crippen molar-refractivity contribution in [2.24, 2.45) is 0 Å². The van der Waals surface area contributed by atoms with Gasteiger partial charge in [0.25, 0.3) is 0 Å². The second-order valence-electron chi connectivity index (χ2n) is 1.74. The molecule has 0 unspecified atom stereocenters. The molecule has 0 aliphatic heterocycles. The van der Waals surface area contributed by atoms with Gasteiger partial charge in [0.15, 0.2) is 11.6 Å². The summed E-state index contributed by atoms with van der Waals surface area (Å²) >= 11 is 0. The van der Waals surface area contributed by atoms with Crippen LogP contribution in [0.4, 0.5) is 8.78 Å². The van der Waals surface area contributed by atoms with Crippen LogP contribution >= 0.6 is 0 Å². The Morgan fingerprint density at radius 2 is 1.46 bits per heavy atom. The summed E-state index contributed by atoms with van der Waals surface area (Å²) in [7, 11) is 0. The molecule has 1 nitrogen and oxygen atoms in total. The first-order valence-electron chi connectivity index (χ1n) is 4.48. The lowest BCUT2D eigenvalue weighted by molar-refractivity contribution is 0.502. The van der Waals surface area contributed by atoms with Crippen LogP contribution in [0.3, 0.4) is 0 Å². The van der Waals surface area contributed by atoms with E-state index in [1.807, 2.05) is 27.7 Å². The maximum Gasteiger partial charge on any atom is 0.177 e. The van der Waals surface area contributed by atoms with Crippen LogP contribution in [-0.2, 0) is 0 Å². The van der Waals surface area contributed by atoms with E-state index in [1.165, 1.54) is 0 Å². The van der Waals surface area contributed by atoms with Gasteiger partial charge in [-0.15, -0.1) is 0 Å². The normalized spacial score (nSPS) is 7.62. The van der Waals surface area contributed by atoms with Crippen LogP contribution in [0.5, 0.6) is 0 Å². The molecular weight excluding hydrogens is 172 g/mol. The van der Waals surface area contributed by atoms with Gasteiger partial charge in [0, 0.05) is 5.69 Å². The van der Waals surface area contributed by atoms with Crippen LogP contribution in [0, 0.1) is 18.6 Å². The zero-order chi connectivity index (χ0) is 10.9. The van der Waals surface area contributed by atoms with Crippen molar-refractivity contribution in [3.63, 3.8) is 0 Å². The van der Waals surface area contributed by atoms with E-state index in [4.69, 9.17) is 0 Å². The Morgan fingerprint density at radius 1 is 1.00 bits per heavy atom. The molecule has 0 aliphatic rings. The van der Waals surface area contributed by atoms with Gasteiger partial charge >= 0.3 is 0 Å². The van der Waals surface area contributed by atoms with Gasteiger partial charge in [-0.3, -0.25) is 4.98 Å². The highest BCUT2D eigenvalue weighted by Crippen LogP contribution is 2.03. The fraction of sp³-hybridized carbons (Fsp3) is 0.500. The number of rotatable bonds is 0. The summed E-state index contributed by atoms with van der Waals surface area (Å²) < 4.78 is 24.2. The average molecular weight is 189 g/mol. The standard InChI is InChI=1S/C6H5F2N.2C2H6/c1-4-2-5(7)6(8)3-9-4;2*1-2/h2-3H,1H3;2*1-2H3. The molecule has 0 aromatic carbocycles. The Labute approximate surface area is 78.8 Å². The molecule has 3 heteroatoms. The number of hydrogen-bond donors (Lipinski definition) is 0. The minimum atomic E-state index is -0.902. The molecule has 0 atom stereocenters. The third-order valence-electron chi connectivity index (χ3n) is 0.945. The van der Waals surface area contributed by atoms with E-state index in [9.17, 15) is 8.78 Å². The topological polar surface area (TPSA) is 12.9 Å². The summed E-state index contributed by atoms with van der Waals surface area (Å²) in [5.41, 5.74) is 0.480. The number of aryl methyl sites for hydroxylation is 1. The van der Waals surface area contributed by atoms with Crippen molar-refractivity contribution in [1.29, 1.82) is 0 Å². The Morgan fingerprint density at radius 3 is 1.77 bits per heavy atom. The highest BCUT2D eigenvalue weighted by atomic mass is 19.2. The van der Waals surface area contributed by atoms with Crippen molar-refractivity contribution >= 4 is 0 Å². The highest BCUT2D eigenvalue weighted by Gasteiger charge is 1.98. The minimum Gasteiger partial charge on any atom is -0.258 e. The van der Waals surface area contributed by atoms with Crippen molar-refractivity contribution < 1.29 is 8.78 Å². The monoisotopic (exact) mass is 189 g/mol. The van der Waals surface area contributed by atoms with Crippen LogP contribution < -0.4 is 0 Å². The zero-order valence-corrected chi connectivity index (χ0v) is 8.86. The Kier molecular flexibility index (Phi) is 10.2. The first kappa shape index (κ1) is 14.5. The number of hydrogen-bond acceptors (Lipinski definition) is 1. The van der Waals surface area contributed by atoms with E-state index < -0.39 is 11.6 Å². The highest BCUT2D eigenvalue weighted by molar-refractivity contribution is 5.05. The SMILES string of the molecule is CC.CC.Cc1cc(F)c(F)cn1. The summed E-state index contributed by atoms with van der Waals surface area (Å²) in [5.74, 6) is -1.75. The van der Waals surface area contributed by atoms with Gasteiger partial charge < -0.3 is 0 Å². The molecule has 0 saturated carbocycles. The molecule has 0 aliphatic carbocycles. The van der Waals surface area contributed by atoms with Crippen molar-refractivity contribution in [2.45, 2.75) is 34.6 Å². The zero-order valence-electron chi connectivity index (χ0n) is 8.86. The van der Waals surface area contributed by atoms with Crippen LogP contribution in [0.25, 0.3) is 0 Å². The number of halogens is 2. The smallest absolute Gasteiger partial charge is 0.177 e. The second-order valence-corrected chi connectivity index (χ2v) is 1.74. The minimum absolute atomic E-state index is 0.480. The molecule has 1 rings (SSSR count). The van der Waals surface area contributed by atoms with Crippen molar-refractivity contribution in [1.82, 2.24) is 4.98 Å². The lowest BCUT2D eigenvalue weighted by atomic mass is 10.4. The molecule has 0 saturated heterocycles. The fourth-order valence-corrected chi connectivity index (χ4v) is 0.510. The van der Waals surface area contributed by atoms with Crippen molar-refractivity contribution in [3.8, 4) is 0 Å². The Bertz CT molecular complexity index is 224. The average Bonchev–Trinajstić information content (AvgIpc) is 2.18. The fourth-order valence-electron chi connectivity index (χ4n) is 0.510. The summed E-state index contributed by atoms with van der Waals surface area (Å²) in [6.45, 7) is 9.60. The van der Waals surface area contributed by atoms with Gasteiger partial charge in [-0.1, -0.05) is 27.7 Å². The lowest BCUT2D eigenvalue weighted by Crippen LogP contribution is -1.87. The lowest BCUT2D eigenvalue weighted by Gasteiger charge is -1.90. The van der Waals surface area contributed by atoms with E-state index in [1.54, 1.807) is 6.92 Å². The van der Waals surface area contributed by atoms with E-state index in [-0.39, 0.29) is 0 Å². The quantitative estimate of drug-likeness (QED) is 0.606.